The van der Waals surface area contributed by atoms with Gasteiger partial charge in [-0.15, -0.1) is 0 Å². The molecule has 0 bridgehead atoms. The van der Waals surface area contributed by atoms with Gasteiger partial charge in [0, 0.05) is 11.4 Å². The topological polar surface area (TPSA) is 75.8 Å². The third-order valence-corrected chi connectivity index (χ3v) is 4.73. The smallest absolute Gasteiger partial charge is 0.267 e. The van der Waals surface area contributed by atoms with Crippen LogP contribution in [0.15, 0.2) is 16.9 Å². The molecule has 0 saturated carbocycles. The maximum Gasteiger partial charge on any atom is 0.267 e. The molecule has 7 heteroatoms. The summed E-state index contributed by atoms with van der Waals surface area (Å²) in [4.78, 5) is 26.5. The highest BCUT2D eigenvalue weighted by atomic mass is 19.1. The van der Waals surface area contributed by atoms with E-state index >= 15 is 0 Å². The summed E-state index contributed by atoms with van der Waals surface area (Å²) >= 11 is 0. The van der Waals surface area contributed by atoms with E-state index in [1.807, 2.05) is 21.0 Å². The summed E-state index contributed by atoms with van der Waals surface area (Å²) in [6, 6.07) is 2.46. The van der Waals surface area contributed by atoms with E-state index in [2.05, 4.69) is 5.32 Å². The lowest BCUT2D eigenvalue weighted by Crippen LogP contribution is -3.06. The molecule has 1 aromatic carbocycles. The van der Waals surface area contributed by atoms with Gasteiger partial charge in [-0.05, 0) is 37.5 Å². The zero-order valence-electron chi connectivity index (χ0n) is 14.6. The van der Waals surface area contributed by atoms with E-state index < -0.39 is 23.0 Å². The lowest BCUT2D eigenvalue weighted by atomic mass is 9.95. The Morgan fingerprint density at radius 2 is 2.16 bits per heavy atom. The van der Waals surface area contributed by atoms with Gasteiger partial charge < -0.3 is 19.9 Å². The number of nitrogens with zero attached hydrogens (tertiary/aromatic N) is 1. The third-order valence-electron chi connectivity index (χ3n) is 4.73. The predicted octanol–water partition coefficient (Wildman–Crippen LogP) is 0.228. The van der Waals surface area contributed by atoms with Crippen molar-refractivity contribution in [1.29, 1.82) is 0 Å². The normalized spacial score (nSPS) is 16.4. The number of halogens is 1. The van der Waals surface area contributed by atoms with Gasteiger partial charge in [-0.2, -0.15) is 0 Å². The molecule has 3 rings (SSSR count). The molecule has 0 fully saturated rings. The van der Waals surface area contributed by atoms with Crippen molar-refractivity contribution in [1.82, 2.24) is 9.88 Å². The first-order chi connectivity index (χ1) is 11.8. The minimum absolute atomic E-state index is 0.119. The van der Waals surface area contributed by atoms with Gasteiger partial charge in [-0.1, -0.05) is 0 Å². The van der Waals surface area contributed by atoms with Gasteiger partial charge >= 0.3 is 0 Å². The summed E-state index contributed by atoms with van der Waals surface area (Å²) in [5.41, 5.74) is 0.368. The number of carbonyl (C=O) groups is 1. The number of quaternary nitrogens is 1. The van der Waals surface area contributed by atoms with Crippen LogP contribution >= 0.6 is 0 Å². The standard InChI is InChI=1S/C18H22FN3O3/c1-10-4-5-11-8-12(19)9-13-15(11)22(10)18(25)14(16(13)23)17(24)20-6-7-21(2)3/h8-10,23H,4-7H2,1-3H3,(H,20,24)/p+1/t10-/m1/s1. The van der Waals surface area contributed by atoms with Gasteiger partial charge in [0.15, 0.2) is 0 Å². The molecule has 0 saturated heterocycles. The van der Waals surface area contributed by atoms with Crippen molar-refractivity contribution in [2.75, 3.05) is 27.2 Å². The van der Waals surface area contributed by atoms with E-state index in [0.717, 1.165) is 4.90 Å². The molecule has 1 aliphatic heterocycles. The van der Waals surface area contributed by atoms with Crippen LogP contribution in [0.2, 0.25) is 0 Å². The lowest BCUT2D eigenvalue weighted by molar-refractivity contribution is -0.856. The number of aromatic hydroxyl groups is 1. The average Bonchev–Trinajstić information content (AvgIpc) is 2.53. The molecule has 134 valence electrons. The van der Waals surface area contributed by atoms with Crippen LogP contribution in [0.1, 0.15) is 35.3 Å². The molecule has 0 unspecified atom stereocenters. The number of amides is 1. The highest BCUT2D eigenvalue weighted by Gasteiger charge is 2.28. The summed E-state index contributed by atoms with van der Waals surface area (Å²) in [5.74, 6) is -1.56. The van der Waals surface area contributed by atoms with Crippen molar-refractivity contribution in [3.8, 4) is 5.75 Å². The largest absolute Gasteiger partial charge is 0.506 e. The number of likely N-dealkylation sites (N-methyl/N-ethyl adjacent to an activating group) is 1. The zero-order chi connectivity index (χ0) is 18.3. The Hall–Kier alpha value is -2.41. The number of hydrogen-bond acceptors (Lipinski definition) is 3. The van der Waals surface area contributed by atoms with Gasteiger partial charge in [0.05, 0.1) is 32.7 Å². The third kappa shape index (κ3) is 3.00. The molecule has 1 amide bonds. The zero-order valence-corrected chi connectivity index (χ0v) is 14.6. The lowest BCUT2D eigenvalue weighted by Gasteiger charge is -2.26. The van der Waals surface area contributed by atoms with Crippen LogP contribution in [0.3, 0.4) is 0 Å². The van der Waals surface area contributed by atoms with Gasteiger partial charge in [0.2, 0.25) is 0 Å². The van der Waals surface area contributed by atoms with Crippen LogP contribution in [0.25, 0.3) is 10.9 Å². The first kappa shape index (κ1) is 17.4. The van der Waals surface area contributed by atoms with E-state index in [0.29, 0.717) is 37.0 Å². The molecular formula is C18H23FN3O3+. The number of rotatable bonds is 4. The van der Waals surface area contributed by atoms with Gasteiger partial charge in [-0.25, -0.2) is 4.39 Å². The minimum Gasteiger partial charge on any atom is -0.506 e. The molecule has 1 atom stereocenters. The number of hydrogen-bond donors (Lipinski definition) is 3. The SMILES string of the molecule is C[C@@H]1CCc2cc(F)cc3c(O)c(C(=O)NCC[NH+](C)C)c(=O)n1c23. The summed E-state index contributed by atoms with van der Waals surface area (Å²) in [7, 11) is 3.90. The Kier molecular flexibility index (Phi) is 4.51. The molecule has 0 spiro atoms. The number of aryl methyl sites for hydroxylation is 1. The fourth-order valence-corrected chi connectivity index (χ4v) is 3.40. The summed E-state index contributed by atoms with van der Waals surface area (Å²) in [6.07, 6.45) is 1.31. The van der Waals surface area contributed by atoms with Crippen molar-refractivity contribution >= 4 is 16.8 Å². The highest BCUT2D eigenvalue weighted by molar-refractivity contribution is 6.03. The second-order valence-electron chi connectivity index (χ2n) is 6.96. The number of pyridine rings is 1. The fraction of sp³-hybridized carbons (Fsp3) is 0.444. The summed E-state index contributed by atoms with van der Waals surface area (Å²) < 4.78 is 15.5. The summed E-state index contributed by atoms with van der Waals surface area (Å²) in [6.45, 7) is 2.95. The van der Waals surface area contributed by atoms with Gasteiger partial charge in [-0.3, -0.25) is 9.59 Å². The van der Waals surface area contributed by atoms with Crippen molar-refractivity contribution in [3.05, 3.63) is 39.4 Å². The molecule has 2 aromatic rings. The van der Waals surface area contributed by atoms with E-state index in [9.17, 15) is 19.1 Å². The van der Waals surface area contributed by atoms with Crippen LogP contribution in [-0.4, -0.2) is 42.8 Å². The average molecular weight is 348 g/mol. The van der Waals surface area contributed by atoms with Crippen molar-refractivity contribution in [2.24, 2.45) is 0 Å². The van der Waals surface area contributed by atoms with E-state index in [4.69, 9.17) is 0 Å². The molecule has 0 aliphatic carbocycles. The second kappa shape index (κ2) is 6.48. The molecule has 1 aliphatic rings. The maximum absolute atomic E-state index is 13.9. The van der Waals surface area contributed by atoms with Crippen LogP contribution in [0.5, 0.6) is 5.75 Å². The van der Waals surface area contributed by atoms with E-state index in [1.165, 1.54) is 16.7 Å². The van der Waals surface area contributed by atoms with Gasteiger partial charge in [0.1, 0.15) is 17.1 Å². The molecule has 3 N–H and O–H groups in total. The summed E-state index contributed by atoms with van der Waals surface area (Å²) in [5, 5.41) is 13.4. The monoisotopic (exact) mass is 348 g/mol. The molecular weight excluding hydrogens is 325 g/mol. The molecule has 6 nitrogen and oxygen atoms in total. The Bertz CT molecular complexity index is 905. The Labute approximate surface area is 144 Å². The Balaban J connectivity index is 2.18. The predicted molar refractivity (Wildman–Crippen MR) is 92.9 cm³/mol. The van der Waals surface area contributed by atoms with Crippen LogP contribution in [-0.2, 0) is 6.42 Å². The van der Waals surface area contributed by atoms with Crippen LogP contribution < -0.4 is 15.8 Å². The van der Waals surface area contributed by atoms with E-state index in [1.54, 1.807) is 0 Å². The first-order valence-electron chi connectivity index (χ1n) is 8.48. The molecule has 2 heterocycles. The second-order valence-corrected chi connectivity index (χ2v) is 6.96. The van der Waals surface area contributed by atoms with E-state index in [-0.39, 0.29) is 17.0 Å². The number of carbonyl (C=O) groups excluding carboxylic acids is 1. The number of benzene rings is 1. The van der Waals surface area contributed by atoms with Gasteiger partial charge in [0.25, 0.3) is 11.5 Å². The van der Waals surface area contributed by atoms with Crippen LogP contribution in [0.4, 0.5) is 4.39 Å². The minimum atomic E-state index is -0.627. The molecule has 1 aromatic heterocycles. The maximum atomic E-state index is 13.9. The van der Waals surface area contributed by atoms with Crippen molar-refractivity contribution in [3.63, 3.8) is 0 Å². The van der Waals surface area contributed by atoms with Crippen LogP contribution in [0, 0.1) is 5.82 Å². The highest BCUT2D eigenvalue weighted by Crippen LogP contribution is 2.35. The van der Waals surface area contributed by atoms with Crippen molar-refractivity contribution in [2.45, 2.75) is 25.8 Å². The Morgan fingerprint density at radius 1 is 1.44 bits per heavy atom. The Morgan fingerprint density at radius 3 is 2.84 bits per heavy atom. The molecule has 0 radical (unpaired) electrons. The molecule has 25 heavy (non-hydrogen) atoms. The number of aromatic nitrogens is 1. The van der Waals surface area contributed by atoms with Crippen molar-refractivity contribution < 1.29 is 19.2 Å². The number of nitrogens with one attached hydrogen (secondary N) is 2. The first-order valence-corrected chi connectivity index (χ1v) is 8.48. The quantitative estimate of drug-likeness (QED) is 0.740. The fourth-order valence-electron chi connectivity index (χ4n) is 3.40.